The number of carbonyl (C=O) groups excluding carboxylic acids is 2. The van der Waals surface area contributed by atoms with Crippen LogP contribution >= 0.6 is 34.7 Å². The lowest BCUT2D eigenvalue weighted by Crippen LogP contribution is -2.24. The third-order valence-electron chi connectivity index (χ3n) is 4.35. The first-order chi connectivity index (χ1) is 14.2. The van der Waals surface area contributed by atoms with E-state index in [9.17, 15) is 9.59 Å². The maximum atomic E-state index is 12.5. The van der Waals surface area contributed by atoms with E-state index in [1.54, 1.807) is 42.8 Å². The van der Waals surface area contributed by atoms with Gasteiger partial charge in [-0.05, 0) is 45.0 Å². The predicted octanol–water partition coefficient (Wildman–Crippen LogP) is 3.59. The Hall–Kier alpha value is -2.43. The number of anilines is 1. The van der Waals surface area contributed by atoms with Gasteiger partial charge in [-0.1, -0.05) is 23.4 Å². The van der Waals surface area contributed by atoms with Gasteiger partial charge in [0.25, 0.3) is 5.91 Å². The number of benzene rings is 1. The van der Waals surface area contributed by atoms with Gasteiger partial charge < -0.3 is 15.2 Å². The van der Waals surface area contributed by atoms with Crippen LogP contribution < -0.4 is 10.6 Å². The van der Waals surface area contributed by atoms with Gasteiger partial charge in [-0.15, -0.1) is 21.5 Å². The Morgan fingerprint density at radius 3 is 2.57 bits per heavy atom. The van der Waals surface area contributed by atoms with E-state index in [0.717, 1.165) is 10.6 Å². The number of amides is 2. The van der Waals surface area contributed by atoms with Gasteiger partial charge in [-0.25, -0.2) is 4.98 Å². The van der Waals surface area contributed by atoms with E-state index < -0.39 is 5.25 Å². The van der Waals surface area contributed by atoms with Crippen LogP contribution in [0.5, 0.6) is 0 Å². The number of thioether (sulfide) groups is 1. The Balaban J connectivity index is 1.56. The fourth-order valence-electron chi connectivity index (χ4n) is 2.41. The van der Waals surface area contributed by atoms with Gasteiger partial charge in [0.2, 0.25) is 5.91 Å². The summed E-state index contributed by atoms with van der Waals surface area (Å²) < 4.78 is 1.76. The number of aromatic nitrogens is 4. The van der Waals surface area contributed by atoms with E-state index >= 15 is 0 Å². The molecule has 0 spiro atoms. The van der Waals surface area contributed by atoms with Crippen molar-refractivity contribution < 1.29 is 9.59 Å². The van der Waals surface area contributed by atoms with Crippen LogP contribution in [-0.4, -0.2) is 36.8 Å². The summed E-state index contributed by atoms with van der Waals surface area (Å²) in [7, 11) is 1.80. The molecule has 2 heterocycles. The zero-order valence-corrected chi connectivity index (χ0v) is 19.3. The standard InChI is InChI=1S/C19H21ClN6O2S2/c1-10-11(2)29-18(22-10)23-16(27)12(3)30-19-25-24-15(26(19)4)9-21-17(28)13-5-7-14(20)8-6-13/h5-8,12H,9H2,1-4H3,(H,21,28)(H,22,23,27). The molecular formula is C19H21ClN6O2S2. The molecule has 1 atom stereocenters. The molecule has 3 rings (SSSR count). The second-order valence-corrected chi connectivity index (χ2v) is 9.50. The Morgan fingerprint density at radius 2 is 1.93 bits per heavy atom. The Labute approximate surface area is 187 Å². The number of rotatable bonds is 7. The molecule has 11 heteroatoms. The molecule has 2 amide bonds. The first-order valence-electron chi connectivity index (χ1n) is 9.08. The molecule has 1 aromatic carbocycles. The third kappa shape index (κ3) is 5.38. The summed E-state index contributed by atoms with van der Waals surface area (Å²) in [5.74, 6) is 0.193. The Morgan fingerprint density at radius 1 is 1.23 bits per heavy atom. The molecule has 30 heavy (non-hydrogen) atoms. The second kappa shape index (κ2) is 9.59. The fraction of sp³-hybridized carbons (Fsp3) is 0.316. The van der Waals surface area contributed by atoms with Crippen molar-refractivity contribution in [1.29, 1.82) is 0 Å². The van der Waals surface area contributed by atoms with Crippen molar-refractivity contribution in [2.45, 2.75) is 37.7 Å². The largest absolute Gasteiger partial charge is 0.345 e. The third-order valence-corrected chi connectivity index (χ3v) is 6.72. The molecular weight excluding hydrogens is 444 g/mol. The predicted molar refractivity (Wildman–Crippen MR) is 119 cm³/mol. The average molecular weight is 465 g/mol. The minimum Gasteiger partial charge on any atom is -0.345 e. The van der Waals surface area contributed by atoms with Crippen molar-refractivity contribution in [3.63, 3.8) is 0 Å². The topological polar surface area (TPSA) is 102 Å². The van der Waals surface area contributed by atoms with E-state index in [1.807, 2.05) is 13.8 Å². The lowest BCUT2D eigenvalue weighted by molar-refractivity contribution is -0.115. The highest BCUT2D eigenvalue weighted by Crippen LogP contribution is 2.25. The van der Waals surface area contributed by atoms with Gasteiger partial charge in [0, 0.05) is 22.5 Å². The number of thiazole rings is 1. The van der Waals surface area contributed by atoms with Gasteiger partial charge in [-0.2, -0.15) is 0 Å². The average Bonchev–Trinajstić information content (AvgIpc) is 3.21. The van der Waals surface area contributed by atoms with Crippen LogP contribution in [0.3, 0.4) is 0 Å². The minimum absolute atomic E-state index is 0.158. The highest BCUT2D eigenvalue weighted by Gasteiger charge is 2.20. The molecule has 1 unspecified atom stereocenters. The van der Waals surface area contributed by atoms with Crippen LogP contribution in [0.15, 0.2) is 29.4 Å². The monoisotopic (exact) mass is 464 g/mol. The lowest BCUT2D eigenvalue weighted by Gasteiger charge is -2.10. The molecule has 2 N–H and O–H groups in total. The van der Waals surface area contributed by atoms with Crippen LogP contribution in [0.2, 0.25) is 5.02 Å². The van der Waals surface area contributed by atoms with E-state index in [-0.39, 0.29) is 18.4 Å². The van der Waals surface area contributed by atoms with Crippen molar-refractivity contribution in [3.8, 4) is 0 Å². The van der Waals surface area contributed by atoms with Crippen LogP contribution in [0, 0.1) is 13.8 Å². The molecule has 8 nitrogen and oxygen atoms in total. The maximum absolute atomic E-state index is 12.5. The SMILES string of the molecule is Cc1nc(NC(=O)C(C)Sc2nnc(CNC(=O)c3ccc(Cl)cc3)n2C)sc1C. The molecule has 0 aliphatic rings. The Bertz CT molecular complexity index is 1040. The number of hydrogen-bond acceptors (Lipinski definition) is 7. The van der Waals surface area contributed by atoms with Gasteiger partial charge in [0.1, 0.15) is 0 Å². The van der Waals surface area contributed by atoms with Gasteiger partial charge in [0.15, 0.2) is 16.1 Å². The molecule has 0 bridgehead atoms. The number of halogens is 1. The van der Waals surface area contributed by atoms with Crippen molar-refractivity contribution in [1.82, 2.24) is 25.1 Å². The van der Waals surface area contributed by atoms with Crippen molar-refractivity contribution >= 4 is 51.6 Å². The molecule has 2 aromatic heterocycles. The number of aryl methyl sites for hydroxylation is 2. The minimum atomic E-state index is -0.395. The van der Waals surface area contributed by atoms with Crippen LogP contribution in [0.25, 0.3) is 0 Å². The second-order valence-electron chi connectivity index (χ2n) is 6.56. The van der Waals surface area contributed by atoms with Gasteiger partial charge >= 0.3 is 0 Å². The summed E-state index contributed by atoms with van der Waals surface area (Å²) in [4.78, 5) is 30.1. The number of hydrogen-bond donors (Lipinski definition) is 2. The lowest BCUT2D eigenvalue weighted by atomic mass is 10.2. The number of nitrogens with one attached hydrogen (secondary N) is 2. The molecule has 0 saturated carbocycles. The van der Waals surface area contributed by atoms with Crippen molar-refractivity contribution in [2.24, 2.45) is 7.05 Å². The number of nitrogens with zero attached hydrogens (tertiary/aromatic N) is 4. The smallest absolute Gasteiger partial charge is 0.251 e. The van der Waals surface area contributed by atoms with E-state index in [0.29, 0.717) is 26.7 Å². The van der Waals surface area contributed by atoms with Gasteiger partial charge in [-0.3, -0.25) is 9.59 Å². The molecule has 0 saturated heterocycles. The Kier molecular flexibility index (Phi) is 7.11. The zero-order chi connectivity index (χ0) is 21.8. The quantitative estimate of drug-likeness (QED) is 0.518. The van der Waals surface area contributed by atoms with Crippen LogP contribution in [0.4, 0.5) is 5.13 Å². The normalized spacial score (nSPS) is 11.9. The van der Waals surface area contributed by atoms with E-state index in [2.05, 4.69) is 25.8 Å². The summed E-state index contributed by atoms with van der Waals surface area (Å²) in [5.41, 5.74) is 1.42. The summed E-state index contributed by atoms with van der Waals surface area (Å²) in [5, 5.41) is 15.2. The molecule has 0 aliphatic heterocycles. The summed E-state index contributed by atoms with van der Waals surface area (Å²) >= 11 is 8.58. The van der Waals surface area contributed by atoms with Crippen molar-refractivity contribution in [2.75, 3.05) is 5.32 Å². The van der Waals surface area contributed by atoms with Crippen LogP contribution in [0.1, 0.15) is 33.7 Å². The number of carbonyl (C=O) groups is 2. The first kappa shape index (κ1) is 22.3. The summed E-state index contributed by atoms with van der Waals surface area (Å²) in [6.45, 7) is 5.88. The molecule has 158 valence electrons. The van der Waals surface area contributed by atoms with Gasteiger partial charge in [0.05, 0.1) is 17.5 Å². The maximum Gasteiger partial charge on any atom is 0.251 e. The summed E-state index contributed by atoms with van der Waals surface area (Å²) in [6, 6.07) is 6.63. The fourth-order valence-corrected chi connectivity index (χ4v) is 4.19. The molecule has 0 fully saturated rings. The molecule has 3 aromatic rings. The first-order valence-corrected chi connectivity index (χ1v) is 11.2. The molecule has 0 radical (unpaired) electrons. The van der Waals surface area contributed by atoms with E-state index in [4.69, 9.17) is 11.6 Å². The van der Waals surface area contributed by atoms with E-state index in [1.165, 1.54) is 23.1 Å². The zero-order valence-electron chi connectivity index (χ0n) is 16.9. The molecule has 0 aliphatic carbocycles. The van der Waals surface area contributed by atoms with Crippen LogP contribution in [-0.2, 0) is 18.4 Å². The van der Waals surface area contributed by atoms with Crippen molar-refractivity contribution in [3.05, 3.63) is 51.2 Å². The summed E-state index contributed by atoms with van der Waals surface area (Å²) in [6.07, 6.45) is 0. The highest BCUT2D eigenvalue weighted by molar-refractivity contribution is 8.00. The highest BCUT2D eigenvalue weighted by atomic mass is 35.5.